The highest BCUT2D eigenvalue weighted by Gasteiger charge is 2.27. The second-order valence-electron chi connectivity index (χ2n) is 13.0. The molecule has 1 fully saturated rings. The van der Waals surface area contributed by atoms with Gasteiger partial charge in [-0.2, -0.15) is 0 Å². The lowest BCUT2D eigenvalue weighted by Gasteiger charge is -2.39. The van der Waals surface area contributed by atoms with E-state index in [0.717, 1.165) is 11.6 Å². The first-order valence-corrected chi connectivity index (χ1v) is 17.3. The molecule has 0 amide bonds. The maximum absolute atomic E-state index is 2.72. The van der Waals surface area contributed by atoms with Gasteiger partial charge in [-0.25, -0.2) is 0 Å². The fourth-order valence-corrected chi connectivity index (χ4v) is 6.91. The summed E-state index contributed by atoms with van der Waals surface area (Å²) in [6.07, 6.45) is 15.0. The quantitative estimate of drug-likeness (QED) is 0.249. The minimum atomic E-state index is 0.466. The lowest BCUT2D eigenvalue weighted by Crippen LogP contribution is -2.36. The van der Waals surface area contributed by atoms with Crippen LogP contribution in [0.25, 0.3) is 0 Å². The highest BCUT2D eigenvalue weighted by atomic mass is 15.2. The average Bonchev–Trinajstić information content (AvgIpc) is 3.04. The molecule has 3 aromatic carbocycles. The number of anilines is 4. The number of aryl methyl sites for hydroxylation is 3. The van der Waals surface area contributed by atoms with Crippen molar-refractivity contribution in [3.8, 4) is 0 Å². The van der Waals surface area contributed by atoms with Crippen molar-refractivity contribution in [2.45, 2.75) is 106 Å². The van der Waals surface area contributed by atoms with Crippen molar-refractivity contribution in [2.24, 2.45) is 5.92 Å². The minimum absolute atomic E-state index is 0.466. The molecule has 3 aromatic rings. The van der Waals surface area contributed by atoms with E-state index in [1.165, 1.54) is 96.4 Å². The summed E-state index contributed by atoms with van der Waals surface area (Å²) >= 11 is 0. The summed E-state index contributed by atoms with van der Waals surface area (Å²) in [7, 11) is 0. The summed E-state index contributed by atoms with van der Waals surface area (Å²) in [5.74, 6) is 0.856. The van der Waals surface area contributed by atoms with Crippen LogP contribution in [0.15, 0.2) is 114 Å². The van der Waals surface area contributed by atoms with Gasteiger partial charge in [0.15, 0.2) is 0 Å². The largest absolute Gasteiger partial charge is 0.338 e. The Hall–Kier alpha value is -3.78. The zero-order valence-electron chi connectivity index (χ0n) is 29.0. The van der Waals surface area contributed by atoms with Gasteiger partial charge in [0, 0.05) is 28.8 Å². The van der Waals surface area contributed by atoms with Crippen LogP contribution in [-0.4, -0.2) is 6.04 Å². The molecule has 1 saturated carbocycles. The van der Waals surface area contributed by atoms with E-state index in [1.54, 1.807) is 0 Å². The second-order valence-corrected chi connectivity index (χ2v) is 13.0. The molecule has 4 rings (SSSR count). The van der Waals surface area contributed by atoms with E-state index in [1.807, 2.05) is 0 Å². The Morgan fingerprint density at radius 1 is 0.600 bits per heavy atom. The maximum Gasteiger partial charge on any atom is 0.0511 e. The fraction of sp³-hybridized carbons (Fsp3) is 0.395. The van der Waals surface area contributed by atoms with E-state index in [-0.39, 0.29) is 0 Å². The normalized spacial score (nSPS) is 18.1. The Bertz CT molecular complexity index is 1470. The summed E-state index contributed by atoms with van der Waals surface area (Å²) in [5.41, 5.74) is 11.4. The Kier molecular flexibility index (Phi) is 12.9. The van der Waals surface area contributed by atoms with Crippen LogP contribution in [-0.2, 0) is 0 Å². The third-order valence-electron chi connectivity index (χ3n) is 9.53. The Balaban J connectivity index is 1.96. The highest BCUT2D eigenvalue weighted by molar-refractivity contribution is 5.83. The van der Waals surface area contributed by atoms with Gasteiger partial charge in [0.25, 0.3) is 0 Å². The summed E-state index contributed by atoms with van der Waals surface area (Å²) in [4.78, 5) is 5.18. The number of allylic oxidation sites excluding steroid dienone is 3. The molecule has 0 atom stereocenters. The van der Waals surface area contributed by atoms with E-state index in [0.29, 0.717) is 6.04 Å². The molecule has 238 valence electrons. The molecule has 0 radical (unpaired) electrons. The number of nitrogens with zero attached hydrogens (tertiary/aromatic N) is 2. The van der Waals surface area contributed by atoms with Gasteiger partial charge in [-0.05, 0) is 107 Å². The lowest BCUT2D eigenvalue weighted by atomic mass is 9.90. The topological polar surface area (TPSA) is 6.48 Å². The predicted octanol–water partition coefficient (Wildman–Crippen LogP) is 13.0. The van der Waals surface area contributed by atoms with Crippen LogP contribution < -0.4 is 9.80 Å². The van der Waals surface area contributed by atoms with Crippen LogP contribution in [0, 0.1) is 26.7 Å². The Labute approximate surface area is 274 Å². The van der Waals surface area contributed by atoms with Crippen molar-refractivity contribution in [1.82, 2.24) is 0 Å². The van der Waals surface area contributed by atoms with Gasteiger partial charge < -0.3 is 9.80 Å². The van der Waals surface area contributed by atoms with Crippen molar-refractivity contribution in [1.29, 1.82) is 0 Å². The van der Waals surface area contributed by atoms with E-state index in [9.17, 15) is 0 Å². The number of benzene rings is 2. The molecule has 0 spiro atoms. The molecule has 0 bridgehead atoms. The molecular weight excluding hydrogens is 544 g/mol. The molecule has 2 heteroatoms. The van der Waals surface area contributed by atoms with Gasteiger partial charge >= 0.3 is 0 Å². The Morgan fingerprint density at radius 2 is 1.13 bits per heavy atom. The maximum atomic E-state index is 2.72. The van der Waals surface area contributed by atoms with Crippen molar-refractivity contribution < 1.29 is 0 Å². The second kappa shape index (κ2) is 17.1. The third kappa shape index (κ3) is 8.91. The zero-order valence-corrected chi connectivity index (χ0v) is 29.0. The van der Waals surface area contributed by atoms with Gasteiger partial charge in [-0.15, -0.1) is 0 Å². The molecule has 0 aliphatic heterocycles. The molecular formula is C43H56N2. The molecule has 2 nitrogen and oxygen atoms in total. The first-order valence-electron chi connectivity index (χ1n) is 17.3. The molecule has 0 saturated heterocycles. The van der Waals surface area contributed by atoms with E-state index >= 15 is 0 Å². The van der Waals surface area contributed by atoms with Crippen LogP contribution in [0.4, 0.5) is 22.7 Å². The highest BCUT2D eigenvalue weighted by Crippen LogP contribution is 2.43. The van der Waals surface area contributed by atoms with Crippen LogP contribution in [0.1, 0.15) is 95.8 Å². The van der Waals surface area contributed by atoms with Gasteiger partial charge in [0.05, 0.1) is 5.69 Å². The Morgan fingerprint density at radius 3 is 1.71 bits per heavy atom. The molecule has 0 unspecified atom stereocenters. The first kappa shape index (κ1) is 34.1. The summed E-state index contributed by atoms with van der Waals surface area (Å²) in [6, 6.07) is 33.3. The van der Waals surface area contributed by atoms with Gasteiger partial charge in [0.1, 0.15) is 0 Å². The van der Waals surface area contributed by atoms with E-state index < -0.39 is 0 Å². The van der Waals surface area contributed by atoms with E-state index in [4.69, 9.17) is 0 Å². The van der Waals surface area contributed by atoms with Gasteiger partial charge in [-0.3, -0.25) is 0 Å². The van der Waals surface area contributed by atoms with Crippen LogP contribution in [0.5, 0.6) is 0 Å². The summed E-state index contributed by atoms with van der Waals surface area (Å²) < 4.78 is 0. The molecule has 1 aliphatic carbocycles. The van der Waals surface area contributed by atoms with Gasteiger partial charge in [0.2, 0.25) is 0 Å². The number of rotatable bonds is 7. The summed E-state index contributed by atoms with van der Waals surface area (Å²) in [6.45, 7) is 15.9. The van der Waals surface area contributed by atoms with Crippen molar-refractivity contribution in [3.05, 3.63) is 131 Å². The average molecular weight is 601 g/mol. The number of hydrogen-bond donors (Lipinski definition) is 0. The molecule has 0 heterocycles. The molecule has 45 heavy (non-hydrogen) atoms. The van der Waals surface area contributed by atoms with Crippen molar-refractivity contribution in [2.75, 3.05) is 9.80 Å². The van der Waals surface area contributed by atoms with Crippen LogP contribution in [0.2, 0.25) is 0 Å². The van der Waals surface area contributed by atoms with Crippen molar-refractivity contribution >= 4 is 22.7 Å². The predicted molar refractivity (Wildman–Crippen MR) is 199 cm³/mol. The van der Waals surface area contributed by atoms with Crippen molar-refractivity contribution in [3.63, 3.8) is 0 Å². The van der Waals surface area contributed by atoms with Crippen LogP contribution >= 0.6 is 0 Å². The first-order chi connectivity index (χ1) is 21.8. The lowest BCUT2D eigenvalue weighted by molar-refractivity contribution is 0.391. The summed E-state index contributed by atoms with van der Waals surface area (Å²) in [5, 5.41) is 0. The zero-order chi connectivity index (χ0) is 32.2. The van der Waals surface area contributed by atoms with Crippen LogP contribution in [0.3, 0.4) is 0 Å². The number of hydrogen-bond acceptors (Lipinski definition) is 2. The fourth-order valence-electron chi connectivity index (χ4n) is 6.91. The standard InChI is InChI=1S/C43H56N2/c1-8-34(4)40(9-2)44(38-28-20-17-23-33(3)24-18-21-29-38)42-32-43(37(7)31-36(42)6)45(41-30-22-19-25-35(41)5)39-26-15-13-11-10-12-14-16-27-39/h8-16,19,22,25-27,30-33,38H,17-18,20-21,23-24,28-29H2,1-7H3. The smallest absolute Gasteiger partial charge is 0.0511 e. The molecule has 1 aliphatic rings. The molecule has 0 N–H and O–H groups in total. The number of para-hydroxylation sites is 1. The van der Waals surface area contributed by atoms with E-state index in [2.05, 4.69) is 161 Å². The third-order valence-corrected chi connectivity index (χ3v) is 9.53. The molecule has 0 aromatic heterocycles. The SMILES string of the molecule is CC=C(C)C(=CC)N(c1cc(N(c2ccccccccc2)c2ccccc2C)c(C)cc1C)C1CCCCC(C)CCCC1. The monoisotopic (exact) mass is 600 g/mol. The van der Waals surface area contributed by atoms with Gasteiger partial charge in [-0.1, -0.05) is 124 Å². The minimum Gasteiger partial charge on any atom is -0.338 e.